The maximum absolute atomic E-state index is 10.3. The second kappa shape index (κ2) is 8.87. The molecule has 0 aromatic heterocycles. The van der Waals surface area contributed by atoms with E-state index in [1.54, 1.807) is 6.07 Å². The van der Waals surface area contributed by atoms with E-state index in [2.05, 4.69) is 36.9 Å². The molecule has 0 fully saturated rings. The molecule has 0 heterocycles. The summed E-state index contributed by atoms with van der Waals surface area (Å²) in [6.07, 6.45) is 1.31. The predicted octanol–water partition coefficient (Wildman–Crippen LogP) is 4.26. The van der Waals surface area contributed by atoms with Crippen molar-refractivity contribution in [3.8, 4) is 0 Å². The Morgan fingerprint density at radius 1 is 0.958 bits per heavy atom. The van der Waals surface area contributed by atoms with Crippen LogP contribution in [0.25, 0.3) is 0 Å². The quantitative estimate of drug-likeness (QED) is 0.239. The van der Waals surface area contributed by atoms with Crippen LogP contribution in [0.4, 0.5) is 22.7 Å². The van der Waals surface area contributed by atoms with Gasteiger partial charge in [0.05, 0.1) is 21.2 Å². The fourth-order valence-electron chi connectivity index (χ4n) is 1.39. The number of nitrogens with two attached hydrogens (primary N) is 1. The number of rotatable bonds is 3. The third-order valence-corrected chi connectivity index (χ3v) is 3.89. The molecule has 2 N–H and O–H groups in total. The zero-order chi connectivity index (χ0) is 18.3. The van der Waals surface area contributed by atoms with E-state index < -0.39 is 9.85 Å². The summed E-state index contributed by atoms with van der Waals surface area (Å²) in [4.78, 5) is 32.7. The van der Waals surface area contributed by atoms with Gasteiger partial charge in [-0.15, -0.1) is 0 Å². The molecule has 0 atom stereocenters. The Morgan fingerprint density at radius 2 is 1.46 bits per heavy atom. The Kier molecular flexibility index (Phi) is 7.18. The zero-order valence-corrected chi connectivity index (χ0v) is 14.9. The maximum Gasteiger partial charge on any atom is 0.271 e. The zero-order valence-electron chi connectivity index (χ0n) is 11.7. The largest absolute Gasteiger partial charge is 0.398 e. The second-order valence-corrected chi connectivity index (χ2v) is 5.77. The summed E-state index contributed by atoms with van der Waals surface area (Å²) in [7, 11) is 0. The van der Waals surface area contributed by atoms with E-state index in [0.29, 0.717) is 14.6 Å². The van der Waals surface area contributed by atoms with Crippen molar-refractivity contribution in [1.82, 2.24) is 0 Å². The van der Waals surface area contributed by atoms with Gasteiger partial charge < -0.3 is 5.73 Å². The molecule has 0 aliphatic rings. The van der Waals surface area contributed by atoms with Crippen molar-refractivity contribution in [3.05, 3.63) is 65.6 Å². The standard InChI is InChI=1S/C7H3BrN2O3.C6H5BrN2O2/c8-6-2-1-5(10(12)13)3-7(6)9-4-11;7-5-2-1-4(9(10)11)3-6(5)8/h1-3H;1-3H,8H2. The molecule has 0 spiro atoms. The lowest BCUT2D eigenvalue weighted by atomic mass is 10.3. The van der Waals surface area contributed by atoms with E-state index >= 15 is 0 Å². The van der Waals surface area contributed by atoms with E-state index in [-0.39, 0.29) is 17.1 Å². The van der Waals surface area contributed by atoms with Gasteiger partial charge in [0.15, 0.2) is 0 Å². The Morgan fingerprint density at radius 3 is 1.92 bits per heavy atom. The molecular weight excluding hydrogens is 452 g/mol. The van der Waals surface area contributed by atoms with Crippen LogP contribution < -0.4 is 5.73 Å². The lowest BCUT2D eigenvalue weighted by Gasteiger charge is -1.95. The first-order chi connectivity index (χ1) is 11.3. The summed E-state index contributed by atoms with van der Waals surface area (Å²) < 4.78 is 1.18. The molecule has 0 aliphatic heterocycles. The molecule has 2 aromatic carbocycles. The van der Waals surface area contributed by atoms with Crippen molar-refractivity contribution in [2.75, 3.05) is 5.73 Å². The van der Waals surface area contributed by atoms with E-state index in [1.165, 1.54) is 36.4 Å². The molecule has 124 valence electrons. The first-order valence-corrected chi connectivity index (χ1v) is 7.56. The molecule has 0 unspecified atom stereocenters. The van der Waals surface area contributed by atoms with E-state index in [1.807, 2.05) is 0 Å². The minimum atomic E-state index is -0.559. The fourth-order valence-corrected chi connectivity index (χ4v) is 1.98. The number of hydrogen-bond donors (Lipinski definition) is 1. The number of benzene rings is 2. The third-order valence-electron chi connectivity index (χ3n) is 2.50. The molecule has 0 saturated heterocycles. The number of carbonyl (C=O) groups excluding carboxylic acids is 1. The number of aliphatic imine (C=N–C) groups is 1. The summed E-state index contributed by atoms with van der Waals surface area (Å²) in [5.41, 5.74) is 5.87. The van der Waals surface area contributed by atoms with E-state index in [9.17, 15) is 25.0 Å². The van der Waals surface area contributed by atoms with Crippen molar-refractivity contribution in [3.63, 3.8) is 0 Å². The van der Waals surface area contributed by atoms with Crippen molar-refractivity contribution >= 4 is 60.7 Å². The highest BCUT2D eigenvalue weighted by Crippen LogP contribution is 2.28. The number of hydrogen-bond acceptors (Lipinski definition) is 7. The van der Waals surface area contributed by atoms with Crippen LogP contribution in [0.3, 0.4) is 0 Å². The van der Waals surface area contributed by atoms with Crippen LogP contribution in [0.1, 0.15) is 0 Å². The number of nitro benzene ring substituents is 2. The molecule has 24 heavy (non-hydrogen) atoms. The normalized spacial score (nSPS) is 9.25. The van der Waals surface area contributed by atoms with Crippen molar-refractivity contribution in [2.24, 2.45) is 4.99 Å². The van der Waals surface area contributed by atoms with Gasteiger partial charge >= 0.3 is 0 Å². The van der Waals surface area contributed by atoms with Gasteiger partial charge in [-0.05, 0) is 44.0 Å². The molecule has 2 aromatic rings. The highest BCUT2D eigenvalue weighted by molar-refractivity contribution is 9.11. The molecule has 11 heteroatoms. The number of isocyanates is 1. The summed E-state index contributed by atoms with van der Waals surface area (Å²) >= 11 is 6.22. The monoisotopic (exact) mass is 458 g/mol. The van der Waals surface area contributed by atoms with Gasteiger partial charge in [-0.1, -0.05) is 0 Å². The van der Waals surface area contributed by atoms with Gasteiger partial charge in [0, 0.05) is 33.2 Å². The number of non-ortho nitro benzene ring substituents is 2. The van der Waals surface area contributed by atoms with Gasteiger partial charge in [-0.25, -0.2) is 4.79 Å². The number of anilines is 1. The molecule has 0 bridgehead atoms. The Labute approximate surface area is 151 Å². The second-order valence-electron chi connectivity index (χ2n) is 4.06. The first kappa shape index (κ1) is 19.4. The van der Waals surface area contributed by atoms with E-state index in [0.717, 1.165) is 0 Å². The number of nitrogen functional groups attached to an aromatic ring is 1. The minimum absolute atomic E-state index is 0.00528. The van der Waals surface area contributed by atoms with Crippen molar-refractivity contribution in [2.45, 2.75) is 0 Å². The van der Waals surface area contributed by atoms with Gasteiger partial charge in [-0.3, -0.25) is 20.2 Å². The molecule has 0 radical (unpaired) electrons. The SMILES string of the molecule is Nc1cc([N+](=O)[O-])ccc1Br.O=C=Nc1cc([N+](=O)[O-])ccc1Br. The summed E-state index contributed by atoms with van der Waals surface area (Å²) in [5.74, 6) is 0. The summed E-state index contributed by atoms with van der Waals surface area (Å²) in [6.45, 7) is 0. The van der Waals surface area contributed by atoms with Crippen LogP contribution in [-0.2, 0) is 4.79 Å². The highest BCUT2D eigenvalue weighted by Gasteiger charge is 2.08. The molecule has 0 amide bonds. The average Bonchev–Trinajstić information content (AvgIpc) is 2.52. The molecular formula is C13H8Br2N4O5. The predicted molar refractivity (Wildman–Crippen MR) is 93.8 cm³/mol. The lowest BCUT2D eigenvalue weighted by molar-refractivity contribution is -0.385. The van der Waals surface area contributed by atoms with Gasteiger partial charge in [0.2, 0.25) is 6.08 Å². The first-order valence-electron chi connectivity index (χ1n) is 5.97. The molecule has 0 aliphatic carbocycles. The van der Waals surface area contributed by atoms with Crippen LogP contribution in [-0.4, -0.2) is 15.9 Å². The molecule has 2 rings (SSSR count). The highest BCUT2D eigenvalue weighted by atomic mass is 79.9. The van der Waals surface area contributed by atoms with Gasteiger partial charge in [-0.2, -0.15) is 4.99 Å². The summed E-state index contributed by atoms with van der Waals surface area (Å²) in [6, 6.07) is 8.20. The van der Waals surface area contributed by atoms with Crippen molar-refractivity contribution in [1.29, 1.82) is 0 Å². The third kappa shape index (κ3) is 5.54. The molecule has 9 nitrogen and oxygen atoms in total. The molecule has 0 saturated carbocycles. The Hall–Kier alpha value is -2.62. The van der Waals surface area contributed by atoms with Crippen LogP contribution >= 0.6 is 31.9 Å². The lowest BCUT2D eigenvalue weighted by Crippen LogP contribution is -1.91. The Bertz CT molecular complexity index is 837. The average molecular weight is 460 g/mol. The fraction of sp³-hybridized carbons (Fsp3) is 0. The minimum Gasteiger partial charge on any atom is -0.398 e. The topological polar surface area (TPSA) is 142 Å². The maximum atomic E-state index is 10.3. The van der Waals surface area contributed by atoms with Gasteiger partial charge in [0.1, 0.15) is 0 Å². The van der Waals surface area contributed by atoms with Crippen molar-refractivity contribution < 1.29 is 14.6 Å². The smallest absolute Gasteiger partial charge is 0.271 e. The van der Waals surface area contributed by atoms with Gasteiger partial charge in [0.25, 0.3) is 11.4 Å². The van der Waals surface area contributed by atoms with Crippen LogP contribution in [0, 0.1) is 20.2 Å². The Balaban J connectivity index is 0.000000243. The van der Waals surface area contributed by atoms with Crippen LogP contribution in [0.2, 0.25) is 0 Å². The summed E-state index contributed by atoms with van der Waals surface area (Å²) in [5, 5.41) is 20.5. The van der Waals surface area contributed by atoms with E-state index in [4.69, 9.17) is 5.73 Å². The number of nitrogens with zero attached hydrogens (tertiary/aromatic N) is 3. The number of halogens is 2. The van der Waals surface area contributed by atoms with Crippen LogP contribution in [0.15, 0.2) is 50.3 Å². The van der Waals surface area contributed by atoms with Crippen LogP contribution in [0.5, 0.6) is 0 Å². The number of nitro groups is 2.